The van der Waals surface area contributed by atoms with Gasteiger partial charge < -0.3 is 64.2 Å². The zero-order valence-electron chi connectivity index (χ0n) is 40.7. The van der Waals surface area contributed by atoms with E-state index < -0.39 is 92.7 Å². The first-order valence-electron chi connectivity index (χ1n) is 25.9. The highest BCUT2D eigenvalue weighted by atomic mass is 16.7. The van der Waals surface area contributed by atoms with Gasteiger partial charge in [0.25, 0.3) is 0 Å². The van der Waals surface area contributed by atoms with E-state index in [1.807, 2.05) is 0 Å². The van der Waals surface area contributed by atoms with E-state index in [9.17, 15) is 45.3 Å². The van der Waals surface area contributed by atoms with E-state index in [-0.39, 0.29) is 26.1 Å². The highest BCUT2D eigenvalue weighted by Crippen LogP contribution is 2.26. The molecule has 0 bridgehead atoms. The van der Waals surface area contributed by atoms with Gasteiger partial charge in [0.05, 0.1) is 19.8 Å². The fourth-order valence-corrected chi connectivity index (χ4v) is 8.07. The van der Waals surface area contributed by atoms with E-state index in [0.717, 1.165) is 64.2 Å². The number of aliphatic hydroxyl groups is 7. The Morgan fingerprint density at radius 1 is 0.470 bits per heavy atom. The molecule has 2 aliphatic heterocycles. The van der Waals surface area contributed by atoms with Crippen molar-refractivity contribution in [2.45, 2.75) is 261 Å². The van der Waals surface area contributed by atoms with Crippen molar-refractivity contribution < 1.29 is 73.8 Å². The fraction of sp³-hybridized carbons (Fsp3) is 0.882. The maximum Gasteiger partial charge on any atom is 0.306 e. The van der Waals surface area contributed by atoms with Crippen LogP contribution in [0.2, 0.25) is 0 Å². The number of ether oxygens (including phenoxy) is 6. The van der Waals surface area contributed by atoms with Gasteiger partial charge in [-0.2, -0.15) is 0 Å². The summed E-state index contributed by atoms with van der Waals surface area (Å²) in [5.41, 5.74) is 0. The molecule has 15 nitrogen and oxygen atoms in total. The molecule has 0 amide bonds. The molecular weight excluding hydrogens is 853 g/mol. The molecule has 4 unspecified atom stereocenters. The molecule has 15 heteroatoms. The number of unbranched alkanes of at least 4 members (excludes halogenated alkanes) is 22. The van der Waals surface area contributed by atoms with Gasteiger partial charge in [0.15, 0.2) is 18.7 Å². The van der Waals surface area contributed by atoms with Crippen molar-refractivity contribution in [1.82, 2.24) is 0 Å². The molecule has 0 saturated carbocycles. The number of hydrogen-bond acceptors (Lipinski definition) is 15. The average Bonchev–Trinajstić information content (AvgIpc) is 3.31. The van der Waals surface area contributed by atoms with Crippen LogP contribution in [0.3, 0.4) is 0 Å². The molecule has 2 aliphatic rings. The van der Waals surface area contributed by atoms with Gasteiger partial charge in [-0.05, 0) is 57.8 Å². The topological polar surface area (TPSA) is 231 Å². The maximum absolute atomic E-state index is 13.0. The van der Waals surface area contributed by atoms with E-state index in [1.54, 1.807) is 0 Å². The predicted molar refractivity (Wildman–Crippen MR) is 252 cm³/mol. The molecule has 11 atom stereocenters. The number of aliphatic hydroxyl groups excluding tert-OH is 7. The van der Waals surface area contributed by atoms with E-state index in [4.69, 9.17) is 28.4 Å². The molecule has 0 aromatic rings. The number of esters is 2. The minimum atomic E-state index is -1.76. The van der Waals surface area contributed by atoms with Gasteiger partial charge in [0.1, 0.15) is 55.4 Å². The molecule has 0 aromatic carbocycles. The van der Waals surface area contributed by atoms with Crippen LogP contribution in [0, 0.1) is 0 Å². The Morgan fingerprint density at radius 3 is 1.38 bits per heavy atom. The lowest BCUT2D eigenvalue weighted by molar-refractivity contribution is -0.332. The third-order valence-corrected chi connectivity index (χ3v) is 12.4. The molecular formula is C51H92O15. The van der Waals surface area contributed by atoms with E-state index in [1.165, 1.54) is 89.9 Å². The third-order valence-electron chi connectivity index (χ3n) is 12.4. The normalized spacial score (nSPS) is 26.3. The molecule has 2 saturated heterocycles. The van der Waals surface area contributed by atoms with Crippen molar-refractivity contribution in [2.75, 3.05) is 26.4 Å². The van der Waals surface area contributed by atoms with Crippen LogP contribution in [0.5, 0.6) is 0 Å². The van der Waals surface area contributed by atoms with Crippen molar-refractivity contribution >= 4 is 11.9 Å². The molecule has 386 valence electrons. The van der Waals surface area contributed by atoms with Crippen molar-refractivity contribution in [3.8, 4) is 0 Å². The van der Waals surface area contributed by atoms with E-state index in [2.05, 4.69) is 38.2 Å². The van der Waals surface area contributed by atoms with E-state index >= 15 is 0 Å². The summed E-state index contributed by atoms with van der Waals surface area (Å²) in [5, 5.41) is 72.1. The monoisotopic (exact) mass is 945 g/mol. The summed E-state index contributed by atoms with van der Waals surface area (Å²) in [6, 6.07) is 0. The summed E-state index contributed by atoms with van der Waals surface area (Å²) in [5.74, 6) is -0.933. The van der Waals surface area contributed by atoms with Gasteiger partial charge in [-0.1, -0.05) is 147 Å². The number of carbonyl (C=O) groups is 2. The lowest BCUT2D eigenvalue weighted by atomic mass is 9.98. The smallest absolute Gasteiger partial charge is 0.306 e. The van der Waals surface area contributed by atoms with Crippen LogP contribution in [-0.4, -0.2) is 142 Å². The van der Waals surface area contributed by atoms with Crippen LogP contribution >= 0.6 is 0 Å². The second kappa shape index (κ2) is 38.8. The van der Waals surface area contributed by atoms with Gasteiger partial charge in [0.2, 0.25) is 0 Å². The first-order valence-corrected chi connectivity index (χ1v) is 25.9. The lowest BCUT2D eigenvalue weighted by Crippen LogP contribution is -2.61. The van der Waals surface area contributed by atoms with Crippen LogP contribution in [-0.2, 0) is 38.0 Å². The molecule has 2 fully saturated rings. The summed E-state index contributed by atoms with van der Waals surface area (Å²) >= 11 is 0. The standard InChI is InChI=1S/C51H92O15/c1-3-5-7-9-11-13-15-17-19-21-23-25-27-29-31-33-42(53)61-36-39(64-43(54)34-32-30-28-26-24-22-20-18-16-14-12-10-8-6-4-2)37-62-50-49(60)47(58)45(56)41(66-50)38-63-51-48(59)46(57)44(55)40(35-52)65-51/h9,11,18,20,39-41,44-52,55-60H,3-8,10,12-17,19,21-38H2,1-2H3/b11-9+,20-18+/t39-,40-,41-,44+,45+,46?,47?,48?,49?,50-,51-/m1/s1. The Kier molecular flexibility index (Phi) is 35.3. The molecule has 0 radical (unpaired) electrons. The maximum atomic E-state index is 13.0. The highest BCUT2D eigenvalue weighted by molar-refractivity contribution is 5.70. The van der Waals surface area contributed by atoms with Crippen LogP contribution in [0.4, 0.5) is 0 Å². The molecule has 0 spiro atoms. The molecule has 0 aromatic heterocycles. The highest BCUT2D eigenvalue weighted by Gasteiger charge is 2.47. The summed E-state index contributed by atoms with van der Waals surface area (Å²) < 4.78 is 33.6. The number of carbonyl (C=O) groups excluding carboxylic acids is 2. The van der Waals surface area contributed by atoms with Crippen LogP contribution in [0.1, 0.15) is 194 Å². The molecule has 2 rings (SSSR count). The Balaban J connectivity index is 1.81. The first-order chi connectivity index (χ1) is 32.0. The zero-order valence-corrected chi connectivity index (χ0v) is 40.7. The van der Waals surface area contributed by atoms with Crippen molar-refractivity contribution in [3.63, 3.8) is 0 Å². The largest absolute Gasteiger partial charge is 0.462 e. The minimum absolute atomic E-state index is 0.157. The van der Waals surface area contributed by atoms with Crippen LogP contribution in [0.25, 0.3) is 0 Å². The van der Waals surface area contributed by atoms with Gasteiger partial charge >= 0.3 is 11.9 Å². The third kappa shape index (κ3) is 26.7. The Morgan fingerprint density at radius 2 is 0.879 bits per heavy atom. The summed E-state index contributed by atoms with van der Waals surface area (Å²) in [4.78, 5) is 25.7. The molecule has 66 heavy (non-hydrogen) atoms. The second-order valence-corrected chi connectivity index (χ2v) is 18.3. The summed E-state index contributed by atoms with van der Waals surface area (Å²) in [7, 11) is 0. The SMILES string of the molecule is CCCC/C=C/CCCCCCCCCCCC(=O)OC[C@H](CO[C@@H]1O[C@H](CO[C@@H]2O[C@H](CO)[C@H](O)C(O)C2O)[C@H](O)C(O)C1O)OC(=O)CCCCCCC/C=C/CCCCCCCC. The van der Waals surface area contributed by atoms with E-state index in [0.29, 0.717) is 12.8 Å². The van der Waals surface area contributed by atoms with Crippen molar-refractivity contribution in [2.24, 2.45) is 0 Å². The van der Waals surface area contributed by atoms with Gasteiger partial charge in [0, 0.05) is 12.8 Å². The quantitative estimate of drug-likeness (QED) is 0.0184. The number of allylic oxidation sites excluding steroid dienone is 4. The van der Waals surface area contributed by atoms with Crippen LogP contribution < -0.4 is 0 Å². The van der Waals surface area contributed by atoms with Gasteiger partial charge in [-0.15, -0.1) is 0 Å². The summed E-state index contributed by atoms with van der Waals surface area (Å²) in [6.45, 7) is 2.55. The van der Waals surface area contributed by atoms with Crippen LogP contribution in [0.15, 0.2) is 24.3 Å². The van der Waals surface area contributed by atoms with Crippen molar-refractivity contribution in [1.29, 1.82) is 0 Å². The zero-order chi connectivity index (χ0) is 48.2. The summed E-state index contributed by atoms with van der Waals surface area (Å²) in [6.07, 6.45) is 22.0. The molecule has 2 heterocycles. The lowest BCUT2D eigenvalue weighted by Gasteiger charge is -2.42. The first kappa shape index (κ1) is 60.1. The number of hydrogen-bond donors (Lipinski definition) is 7. The predicted octanol–water partition coefficient (Wildman–Crippen LogP) is 7.16. The molecule has 7 N–H and O–H groups in total. The van der Waals surface area contributed by atoms with Gasteiger partial charge in [-0.25, -0.2) is 0 Å². The Hall–Kier alpha value is -2.02. The minimum Gasteiger partial charge on any atom is -0.462 e. The Labute approximate surface area is 396 Å². The second-order valence-electron chi connectivity index (χ2n) is 18.3. The fourth-order valence-electron chi connectivity index (χ4n) is 8.07. The average molecular weight is 945 g/mol. The Bertz CT molecular complexity index is 1250. The molecule has 0 aliphatic carbocycles. The van der Waals surface area contributed by atoms with Crippen molar-refractivity contribution in [3.05, 3.63) is 24.3 Å². The van der Waals surface area contributed by atoms with Gasteiger partial charge in [-0.3, -0.25) is 9.59 Å². The number of rotatable bonds is 40.